The maximum atomic E-state index is 12.6. The SMILES string of the molecule is Cc1cccc(C)c1NC(=O)c1cccc(C(=O)Nc2ccccc2C#N)n1. The number of rotatable bonds is 4. The molecule has 3 rings (SSSR count). The number of aromatic nitrogens is 1. The van der Waals surface area contributed by atoms with Crippen LogP contribution in [0.5, 0.6) is 0 Å². The van der Waals surface area contributed by atoms with Crippen LogP contribution in [-0.2, 0) is 0 Å². The molecule has 0 radical (unpaired) electrons. The van der Waals surface area contributed by atoms with Gasteiger partial charge in [-0.05, 0) is 49.2 Å². The zero-order valence-corrected chi connectivity index (χ0v) is 15.5. The van der Waals surface area contributed by atoms with Crippen LogP contribution in [-0.4, -0.2) is 16.8 Å². The van der Waals surface area contributed by atoms with Crippen LogP contribution in [0, 0.1) is 25.2 Å². The number of para-hydroxylation sites is 2. The molecule has 0 fully saturated rings. The third-order valence-corrected chi connectivity index (χ3v) is 4.23. The van der Waals surface area contributed by atoms with Crippen LogP contribution in [0.1, 0.15) is 37.7 Å². The monoisotopic (exact) mass is 370 g/mol. The Kier molecular flexibility index (Phi) is 5.47. The third kappa shape index (κ3) is 4.05. The van der Waals surface area contributed by atoms with Gasteiger partial charge in [0.1, 0.15) is 17.5 Å². The van der Waals surface area contributed by atoms with Gasteiger partial charge in [-0.3, -0.25) is 9.59 Å². The zero-order chi connectivity index (χ0) is 20.1. The third-order valence-electron chi connectivity index (χ3n) is 4.23. The molecule has 0 aliphatic carbocycles. The molecule has 6 nitrogen and oxygen atoms in total. The first-order chi connectivity index (χ1) is 13.5. The largest absolute Gasteiger partial charge is 0.320 e. The number of hydrogen-bond acceptors (Lipinski definition) is 4. The smallest absolute Gasteiger partial charge is 0.274 e. The van der Waals surface area contributed by atoms with Gasteiger partial charge in [0.05, 0.1) is 11.3 Å². The van der Waals surface area contributed by atoms with Gasteiger partial charge in [0.2, 0.25) is 0 Å². The highest BCUT2D eigenvalue weighted by atomic mass is 16.2. The summed E-state index contributed by atoms with van der Waals surface area (Å²) >= 11 is 0. The van der Waals surface area contributed by atoms with Gasteiger partial charge in [-0.15, -0.1) is 0 Å². The summed E-state index contributed by atoms with van der Waals surface area (Å²) in [5.41, 5.74) is 3.56. The van der Waals surface area contributed by atoms with Crippen molar-refractivity contribution < 1.29 is 9.59 Å². The maximum Gasteiger partial charge on any atom is 0.274 e. The molecule has 2 N–H and O–H groups in total. The first-order valence-corrected chi connectivity index (χ1v) is 8.64. The summed E-state index contributed by atoms with van der Waals surface area (Å²) < 4.78 is 0. The van der Waals surface area contributed by atoms with Crippen LogP contribution in [0.15, 0.2) is 60.7 Å². The fourth-order valence-electron chi connectivity index (χ4n) is 2.75. The molecule has 0 saturated heterocycles. The summed E-state index contributed by atoms with van der Waals surface area (Å²) in [6.07, 6.45) is 0. The highest BCUT2D eigenvalue weighted by molar-refractivity contribution is 6.06. The van der Waals surface area contributed by atoms with Crippen LogP contribution in [0.2, 0.25) is 0 Å². The van der Waals surface area contributed by atoms with Crippen LogP contribution < -0.4 is 10.6 Å². The summed E-state index contributed by atoms with van der Waals surface area (Å²) in [5, 5.41) is 14.6. The Labute approximate surface area is 162 Å². The zero-order valence-electron chi connectivity index (χ0n) is 15.5. The van der Waals surface area contributed by atoms with Crippen molar-refractivity contribution in [3.8, 4) is 6.07 Å². The molecule has 2 amide bonds. The van der Waals surface area contributed by atoms with Gasteiger partial charge in [-0.25, -0.2) is 4.98 Å². The maximum absolute atomic E-state index is 12.6. The number of nitrogens with zero attached hydrogens (tertiary/aromatic N) is 2. The number of anilines is 2. The second-order valence-corrected chi connectivity index (χ2v) is 6.24. The van der Waals surface area contributed by atoms with E-state index in [4.69, 9.17) is 5.26 Å². The number of pyridine rings is 1. The van der Waals surface area contributed by atoms with Crippen LogP contribution in [0.25, 0.3) is 0 Å². The Hall–Kier alpha value is -3.98. The van der Waals surface area contributed by atoms with Gasteiger partial charge in [0.15, 0.2) is 0 Å². The lowest BCUT2D eigenvalue weighted by molar-refractivity contribution is 0.101. The molecule has 28 heavy (non-hydrogen) atoms. The van der Waals surface area contributed by atoms with Crippen molar-refractivity contribution >= 4 is 23.2 Å². The van der Waals surface area contributed by atoms with Crippen molar-refractivity contribution in [2.75, 3.05) is 10.6 Å². The van der Waals surface area contributed by atoms with Crippen molar-refractivity contribution in [3.63, 3.8) is 0 Å². The average molecular weight is 370 g/mol. The van der Waals surface area contributed by atoms with Gasteiger partial charge in [-0.2, -0.15) is 5.26 Å². The summed E-state index contributed by atoms with van der Waals surface area (Å²) in [6.45, 7) is 3.82. The highest BCUT2D eigenvalue weighted by Gasteiger charge is 2.15. The molecule has 0 bridgehead atoms. The number of aryl methyl sites for hydroxylation is 2. The number of carbonyl (C=O) groups excluding carboxylic acids is 2. The minimum atomic E-state index is -0.496. The summed E-state index contributed by atoms with van der Waals surface area (Å²) in [5.74, 6) is -0.895. The first-order valence-electron chi connectivity index (χ1n) is 8.64. The molecule has 0 spiro atoms. The fraction of sp³-hybridized carbons (Fsp3) is 0.0909. The van der Waals surface area contributed by atoms with E-state index < -0.39 is 11.8 Å². The molecule has 0 atom stereocenters. The number of amides is 2. The van der Waals surface area contributed by atoms with Gasteiger partial charge < -0.3 is 10.6 Å². The van der Waals surface area contributed by atoms with E-state index in [0.717, 1.165) is 16.8 Å². The van der Waals surface area contributed by atoms with Gasteiger partial charge in [-0.1, -0.05) is 36.4 Å². The lowest BCUT2D eigenvalue weighted by Crippen LogP contribution is -2.19. The molecule has 0 unspecified atom stereocenters. The van der Waals surface area contributed by atoms with Crippen molar-refractivity contribution in [3.05, 3.63) is 88.7 Å². The molecular formula is C22H18N4O2. The quantitative estimate of drug-likeness (QED) is 0.723. The molecule has 0 aliphatic rings. The van der Waals surface area contributed by atoms with Gasteiger partial charge >= 0.3 is 0 Å². The van der Waals surface area contributed by atoms with Crippen molar-refractivity contribution in [1.29, 1.82) is 5.26 Å². The normalized spacial score (nSPS) is 10.0. The minimum Gasteiger partial charge on any atom is -0.320 e. The Morgan fingerprint density at radius 1 is 0.821 bits per heavy atom. The second-order valence-electron chi connectivity index (χ2n) is 6.24. The van der Waals surface area contributed by atoms with E-state index in [9.17, 15) is 9.59 Å². The van der Waals surface area contributed by atoms with E-state index in [1.807, 2.05) is 38.1 Å². The highest BCUT2D eigenvalue weighted by Crippen LogP contribution is 2.20. The van der Waals surface area contributed by atoms with Crippen LogP contribution in [0.4, 0.5) is 11.4 Å². The number of hydrogen-bond donors (Lipinski definition) is 2. The molecular weight excluding hydrogens is 352 g/mol. The lowest BCUT2D eigenvalue weighted by Gasteiger charge is -2.11. The predicted octanol–water partition coefficient (Wildman–Crippen LogP) is 4.07. The second kappa shape index (κ2) is 8.14. The number of nitriles is 1. The van der Waals surface area contributed by atoms with E-state index in [1.165, 1.54) is 6.07 Å². The Morgan fingerprint density at radius 3 is 2.04 bits per heavy atom. The van der Waals surface area contributed by atoms with E-state index in [1.54, 1.807) is 36.4 Å². The number of carbonyl (C=O) groups is 2. The molecule has 2 aromatic carbocycles. The Bertz CT molecular complexity index is 1080. The van der Waals surface area contributed by atoms with Gasteiger partial charge in [0, 0.05) is 5.69 Å². The summed E-state index contributed by atoms with van der Waals surface area (Å²) in [6, 6.07) is 19.1. The molecule has 0 aliphatic heterocycles. The van der Waals surface area contributed by atoms with Crippen molar-refractivity contribution in [1.82, 2.24) is 4.98 Å². The lowest BCUT2D eigenvalue weighted by atomic mass is 10.1. The van der Waals surface area contributed by atoms with Gasteiger partial charge in [0.25, 0.3) is 11.8 Å². The van der Waals surface area contributed by atoms with Crippen LogP contribution >= 0.6 is 0 Å². The standard InChI is InChI=1S/C22H18N4O2/c1-14-7-5-8-15(2)20(14)26-22(28)19-12-6-11-18(24-19)21(27)25-17-10-4-3-9-16(17)13-23/h3-12H,1-2H3,(H,25,27)(H,26,28). The molecule has 1 heterocycles. The predicted molar refractivity (Wildman–Crippen MR) is 107 cm³/mol. The first kappa shape index (κ1) is 18.8. The van der Waals surface area contributed by atoms with E-state index in [2.05, 4.69) is 15.6 Å². The topological polar surface area (TPSA) is 94.9 Å². The summed E-state index contributed by atoms with van der Waals surface area (Å²) in [7, 11) is 0. The molecule has 1 aromatic heterocycles. The molecule has 6 heteroatoms. The molecule has 138 valence electrons. The van der Waals surface area contributed by atoms with Crippen molar-refractivity contribution in [2.24, 2.45) is 0 Å². The van der Waals surface area contributed by atoms with Crippen LogP contribution in [0.3, 0.4) is 0 Å². The number of benzene rings is 2. The average Bonchev–Trinajstić information content (AvgIpc) is 2.71. The molecule has 3 aromatic rings. The van der Waals surface area contributed by atoms with E-state index >= 15 is 0 Å². The Morgan fingerprint density at radius 2 is 1.39 bits per heavy atom. The number of nitrogens with one attached hydrogen (secondary N) is 2. The minimum absolute atomic E-state index is 0.0851. The van der Waals surface area contributed by atoms with E-state index in [-0.39, 0.29) is 11.4 Å². The summed E-state index contributed by atoms with van der Waals surface area (Å²) in [4.78, 5) is 29.3. The van der Waals surface area contributed by atoms with Crippen molar-refractivity contribution in [2.45, 2.75) is 13.8 Å². The fourth-order valence-corrected chi connectivity index (χ4v) is 2.75. The Balaban J connectivity index is 1.81. The molecule has 0 saturated carbocycles. The van der Waals surface area contributed by atoms with E-state index in [0.29, 0.717) is 11.3 Å².